The Morgan fingerprint density at radius 3 is 2.80 bits per heavy atom. The van der Waals surface area contributed by atoms with E-state index in [1.54, 1.807) is 18.6 Å². The van der Waals surface area contributed by atoms with Gasteiger partial charge in [-0.3, -0.25) is 5.10 Å². The van der Waals surface area contributed by atoms with Gasteiger partial charge in [0, 0.05) is 36.1 Å². The number of aryl methyl sites for hydroxylation is 1. The highest BCUT2D eigenvalue weighted by Crippen LogP contribution is 2.25. The van der Waals surface area contributed by atoms with Crippen molar-refractivity contribution in [1.29, 1.82) is 0 Å². The Kier molecular flexibility index (Phi) is 4.73. The molecule has 0 aliphatic rings. The Hall–Kier alpha value is -3.23. The fourth-order valence-corrected chi connectivity index (χ4v) is 2.28. The molecule has 0 unspecified atom stereocenters. The second-order valence-corrected chi connectivity index (χ2v) is 5.27. The van der Waals surface area contributed by atoms with E-state index >= 15 is 0 Å². The van der Waals surface area contributed by atoms with Crippen molar-refractivity contribution >= 4 is 17.5 Å². The summed E-state index contributed by atoms with van der Waals surface area (Å²) in [7, 11) is 1.34. The molecule has 0 saturated carbocycles. The monoisotopic (exact) mass is 346 g/mol. The van der Waals surface area contributed by atoms with Crippen molar-refractivity contribution in [1.82, 2.24) is 20.2 Å². The zero-order chi connectivity index (χ0) is 17.8. The maximum Gasteiger partial charge on any atom is 0.229 e. The summed E-state index contributed by atoms with van der Waals surface area (Å²) in [5.41, 5.74) is 1.85. The second kappa shape index (κ2) is 7.12. The predicted molar refractivity (Wildman–Crippen MR) is 88.9 cm³/mol. The van der Waals surface area contributed by atoms with Crippen molar-refractivity contribution in [3.05, 3.63) is 53.5 Å². The van der Waals surface area contributed by atoms with Crippen LogP contribution in [0.3, 0.4) is 0 Å². The van der Waals surface area contributed by atoms with E-state index in [-0.39, 0.29) is 12.3 Å². The number of H-pyrrole nitrogens is 1. The van der Waals surface area contributed by atoms with Gasteiger partial charge in [0.2, 0.25) is 5.95 Å². The molecule has 3 rings (SSSR count). The number of benzene rings is 1. The molecule has 130 valence electrons. The number of anilines is 3. The molecule has 0 radical (unpaired) electrons. The molecule has 0 aliphatic carbocycles. The Balaban J connectivity index is 1.79. The van der Waals surface area contributed by atoms with Crippen LogP contribution in [-0.2, 0) is 6.54 Å². The van der Waals surface area contributed by atoms with Crippen LogP contribution in [0.2, 0.25) is 0 Å². The number of nitrogens with one attached hydrogen (secondary N) is 3. The highest BCUT2D eigenvalue weighted by atomic mass is 19.1. The van der Waals surface area contributed by atoms with Gasteiger partial charge in [-0.25, -0.2) is 13.8 Å². The van der Waals surface area contributed by atoms with Gasteiger partial charge in [0.05, 0.1) is 19.0 Å². The molecule has 0 saturated heterocycles. The molecule has 0 amide bonds. The number of nitrogens with zero attached hydrogens (tertiary/aromatic N) is 3. The highest BCUT2D eigenvalue weighted by Gasteiger charge is 2.13. The minimum Gasteiger partial charge on any atom is -0.493 e. The topological polar surface area (TPSA) is 87.8 Å². The Morgan fingerprint density at radius 1 is 1.24 bits per heavy atom. The summed E-state index contributed by atoms with van der Waals surface area (Å²) in [6, 6.07) is 2.00. The first-order chi connectivity index (χ1) is 12.1. The lowest BCUT2D eigenvalue weighted by molar-refractivity contribution is 0.379. The van der Waals surface area contributed by atoms with Crippen LogP contribution in [0, 0.1) is 18.6 Å². The molecule has 0 spiro atoms. The van der Waals surface area contributed by atoms with Gasteiger partial charge in [-0.05, 0) is 13.0 Å². The summed E-state index contributed by atoms with van der Waals surface area (Å²) in [6.45, 7) is 1.97. The Bertz CT molecular complexity index is 869. The lowest BCUT2D eigenvalue weighted by atomic mass is 10.2. The van der Waals surface area contributed by atoms with Gasteiger partial charge in [-0.2, -0.15) is 10.1 Å². The quantitative estimate of drug-likeness (QED) is 0.635. The van der Waals surface area contributed by atoms with E-state index < -0.39 is 11.6 Å². The van der Waals surface area contributed by atoms with E-state index in [0.29, 0.717) is 23.0 Å². The van der Waals surface area contributed by atoms with E-state index in [1.807, 2.05) is 6.92 Å². The summed E-state index contributed by atoms with van der Waals surface area (Å²) in [6.07, 6.45) is 4.90. The number of halogens is 2. The molecule has 3 N–H and O–H groups in total. The number of aromatic nitrogens is 4. The van der Waals surface area contributed by atoms with Crippen LogP contribution in [0.25, 0.3) is 0 Å². The summed E-state index contributed by atoms with van der Waals surface area (Å²) < 4.78 is 32.2. The predicted octanol–water partition coefficient (Wildman–Crippen LogP) is 3.15. The third-order valence-electron chi connectivity index (χ3n) is 3.46. The van der Waals surface area contributed by atoms with Gasteiger partial charge in [0.15, 0.2) is 11.6 Å². The van der Waals surface area contributed by atoms with E-state index in [4.69, 9.17) is 4.74 Å². The molecule has 2 heterocycles. The average Bonchev–Trinajstić information content (AvgIpc) is 3.08. The highest BCUT2D eigenvalue weighted by molar-refractivity contribution is 5.54. The third kappa shape index (κ3) is 3.82. The summed E-state index contributed by atoms with van der Waals surface area (Å²) in [5.74, 6) is -0.519. The molecule has 0 atom stereocenters. The Morgan fingerprint density at radius 2 is 2.08 bits per heavy atom. The van der Waals surface area contributed by atoms with E-state index in [0.717, 1.165) is 11.6 Å². The van der Waals surface area contributed by atoms with Crippen molar-refractivity contribution in [3.63, 3.8) is 0 Å². The third-order valence-corrected chi connectivity index (χ3v) is 3.46. The SMILES string of the molecule is COc1c(F)cc(F)cc1CNc1nc(Nc2cn[nH]c2)ncc1C. The van der Waals surface area contributed by atoms with E-state index in [2.05, 4.69) is 30.8 Å². The zero-order valence-electron chi connectivity index (χ0n) is 13.6. The fourth-order valence-electron chi connectivity index (χ4n) is 2.28. The lowest BCUT2D eigenvalue weighted by Gasteiger charge is -2.13. The van der Waals surface area contributed by atoms with Gasteiger partial charge in [0.25, 0.3) is 0 Å². The lowest BCUT2D eigenvalue weighted by Crippen LogP contribution is -2.08. The molecule has 9 heteroatoms. The molecule has 7 nitrogen and oxygen atoms in total. The molecule has 3 aromatic rings. The molecular weight excluding hydrogens is 330 g/mol. The number of ether oxygens (including phenoxy) is 1. The smallest absolute Gasteiger partial charge is 0.229 e. The zero-order valence-corrected chi connectivity index (χ0v) is 13.6. The number of hydrogen-bond donors (Lipinski definition) is 3. The summed E-state index contributed by atoms with van der Waals surface area (Å²) in [5, 5.41) is 12.5. The van der Waals surface area contributed by atoms with Crippen LogP contribution in [-0.4, -0.2) is 27.3 Å². The fraction of sp³-hybridized carbons (Fsp3) is 0.188. The van der Waals surface area contributed by atoms with E-state index in [1.165, 1.54) is 13.2 Å². The number of hydrogen-bond acceptors (Lipinski definition) is 6. The van der Waals surface area contributed by atoms with Gasteiger partial charge >= 0.3 is 0 Å². The summed E-state index contributed by atoms with van der Waals surface area (Å²) >= 11 is 0. The molecular formula is C16H16F2N6O. The largest absolute Gasteiger partial charge is 0.493 e. The molecule has 0 bridgehead atoms. The second-order valence-electron chi connectivity index (χ2n) is 5.27. The van der Waals surface area contributed by atoms with E-state index in [9.17, 15) is 8.78 Å². The first-order valence-electron chi connectivity index (χ1n) is 7.42. The minimum atomic E-state index is -0.749. The van der Waals surface area contributed by atoms with Crippen LogP contribution in [0.15, 0.2) is 30.7 Å². The first-order valence-corrected chi connectivity index (χ1v) is 7.42. The van der Waals surface area contributed by atoms with Crippen molar-refractivity contribution < 1.29 is 13.5 Å². The standard InChI is InChI=1S/C16H16F2N6O/c1-9-5-20-16(23-12-7-21-22-8-12)24-15(9)19-6-10-3-11(17)4-13(18)14(10)25-2/h3-5,7-8H,6H2,1-2H3,(H,21,22)(H2,19,20,23,24). The van der Waals surface area contributed by atoms with Crippen molar-refractivity contribution in [2.75, 3.05) is 17.7 Å². The van der Waals surface area contributed by atoms with Crippen LogP contribution in [0.1, 0.15) is 11.1 Å². The first kappa shape index (κ1) is 16.6. The van der Waals surface area contributed by atoms with Gasteiger partial charge in [0.1, 0.15) is 11.6 Å². The number of methoxy groups -OCH3 is 1. The normalized spacial score (nSPS) is 10.6. The van der Waals surface area contributed by atoms with Crippen molar-refractivity contribution in [2.45, 2.75) is 13.5 Å². The van der Waals surface area contributed by atoms with Crippen LogP contribution in [0.5, 0.6) is 5.75 Å². The van der Waals surface area contributed by atoms with Crippen LogP contribution >= 0.6 is 0 Å². The maximum atomic E-state index is 13.8. The average molecular weight is 346 g/mol. The Labute approximate surface area is 142 Å². The maximum absolute atomic E-state index is 13.8. The molecule has 0 aliphatic heterocycles. The number of aromatic amines is 1. The molecule has 1 aromatic carbocycles. The molecule has 25 heavy (non-hydrogen) atoms. The van der Waals surface area contributed by atoms with Gasteiger partial charge < -0.3 is 15.4 Å². The van der Waals surface area contributed by atoms with Crippen LogP contribution < -0.4 is 15.4 Å². The van der Waals surface area contributed by atoms with Gasteiger partial charge in [-0.1, -0.05) is 0 Å². The van der Waals surface area contributed by atoms with Crippen molar-refractivity contribution in [2.24, 2.45) is 0 Å². The number of rotatable bonds is 6. The molecule has 2 aromatic heterocycles. The minimum absolute atomic E-state index is 0.00245. The molecule has 0 fully saturated rings. The van der Waals surface area contributed by atoms with Crippen molar-refractivity contribution in [3.8, 4) is 5.75 Å². The summed E-state index contributed by atoms with van der Waals surface area (Å²) in [4.78, 5) is 8.54. The van der Waals surface area contributed by atoms with Crippen LogP contribution in [0.4, 0.5) is 26.2 Å². The van der Waals surface area contributed by atoms with Gasteiger partial charge in [-0.15, -0.1) is 0 Å².